The minimum atomic E-state index is -0.454. The number of ether oxygens (including phenoxy) is 1. The van der Waals surface area contributed by atoms with Crippen LogP contribution in [0.15, 0.2) is 11.6 Å². The number of hydrogen-bond donors (Lipinski definition) is 2. The third-order valence-electron chi connectivity index (χ3n) is 14.7. The maximum absolute atomic E-state index is 14.5. The van der Waals surface area contributed by atoms with E-state index in [4.69, 9.17) is 4.74 Å². The van der Waals surface area contributed by atoms with Gasteiger partial charge in [0, 0.05) is 24.8 Å². The largest absolute Gasteiger partial charge is 0.374 e. The SMILES string of the molecule is CC(=O)NCCO[C@H]1CC1NC(=O)[C@@]1(C)CC[C@]2(C)CC[C@]3(C)C(=CC(=O)[C@@H]4[C@@]5(C)CCCC(C)(C)C5CC[C@]43C)[C@@H]2C1. The van der Waals surface area contributed by atoms with Crippen molar-refractivity contribution in [3.63, 3.8) is 0 Å². The summed E-state index contributed by atoms with van der Waals surface area (Å²) in [7, 11) is 0. The summed E-state index contributed by atoms with van der Waals surface area (Å²) < 4.78 is 5.88. The lowest BCUT2D eigenvalue weighted by molar-refractivity contribution is -0.185. The minimum absolute atomic E-state index is 0.0105. The molecule has 6 heteroatoms. The Kier molecular flexibility index (Phi) is 7.39. The second-order valence-electron chi connectivity index (χ2n) is 17.8. The molecule has 0 heterocycles. The molecule has 5 saturated carbocycles. The van der Waals surface area contributed by atoms with Gasteiger partial charge in [-0.1, -0.05) is 60.5 Å². The molecule has 240 valence electrons. The van der Waals surface area contributed by atoms with Gasteiger partial charge in [-0.05, 0) is 109 Å². The van der Waals surface area contributed by atoms with Crippen molar-refractivity contribution in [2.45, 2.75) is 138 Å². The molecule has 0 saturated heterocycles. The zero-order chi connectivity index (χ0) is 31.2. The predicted octanol–water partition coefficient (Wildman–Crippen LogP) is 6.77. The van der Waals surface area contributed by atoms with Crippen LogP contribution < -0.4 is 10.6 Å². The number of carbonyl (C=O) groups is 3. The third-order valence-corrected chi connectivity index (χ3v) is 14.7. The van der Waals surface area contributed by atoms with Crippen LogP contribution in [0.1, 0.15) is 126 Å². The fourth-order valence-electron chi connectivity index (χ4n) is 11.8. The highest BCUT2D eigenvalue weighted by Crippen LogP contribution is 2.75. The monoisotopic (exact) mass is 594 g/mol. The van der Waals surface area contributed by atoms with E-state index in [-0.39, 0.29) is 57.5 Å². The summed E-state index contributed by atoms with van der Waals surface area (Å²) >= 11 is 0. The number of fused-ring (bicyclic) bond motifs is 7. The summed E-state index contributed by atoms with van der Waals surface area (Å²) in [6.07, 6.45) is 14.1. The summed E-state index contributed by atoms with van der Waals surface area (Å²) in [6.45, 7) is 19.4. The van der Waals surface area contributed by atoms with Crippen molar-refractivity contribution < 1.29 is 19.1 Å². The molecule has 0 aromatic carbocycles. The molecule has 10 atom stereocenters. The minimum Gasteiger partial charge on any atom is -0.374 e. The standard InChI is InChI=1S/C37H58N2O4/c1-23(40)38-18-19-43-28-21-26(28)39-31(42)34(5)15-14-33(4)16-17-36(7)24(25(33)22-34)20-27(41)30-35(6)12-9-11-32(2,3)29(35)10-13-37(30,36)8/h20,25-26,28-30H,9-19,21-22H2,1-8H3,(H,38,40)(H,39,42)/t25-,26?,28-,29?,30+,33+,34-,35-,36+,37+/m0/s1. The van der Waals surface area contributed by atoms with Gasteiger partial charge < -0.3 is 15.4 Å². The van der Waals surface area contributed by atoms with E-state index in [1.807, 2.05) is 0 Å². The van der Waals surface area contributed by atoms with Gasteiger partial charge in [-0.25, -0.2) is 0 Å². The molecule has 0 aromatic rings. The van der Waals surface area contributed by atoms with E-state index in [0.29, 0.717) is 30.3 Å². The van der Waals surface area contributed by atoms with E-state index >= 15 is 0 Å². The zero-order valence-electron chi connectivity index (χ0n) is 28.3. The Morgan fingerprint density at radius 2 is 1.67 bits per heavy atom. The second kappa shape index (κ2) is 10.2. The summed E-state index contributed by atoms with van der Waals surface area (Å²) in [4.78, 5) is 39.5. The van der Waals surface area contributed by atoms with E-state index in [2.05, 4.69) is 65.2 Å². The van der Waals surface area contributed by atoms with Gasteiger partial charge >= 0.3 is 0 Å². The Balaban J connectivity index is 1.23. The average Bonchev–Trinajstić information content (AvgIpc) is 3.65. The normalized spacial score (nSPS) is 48.0. The van der Waals surface area contributed by atoms with Crippen LogP contribution in [-0.4, -0.2) is 42.9 Å². The Hall–Kier alpha value is -1.69. The first-order valence-corrected chi connectivity index (χ1v) is 17.4. The van der Waals surface area contributed by atoms with Crippen molar-refractivity contribution in [2.24, 2.45) is 50.2 Å². The van der Waals surface area contributed by atoms with Crippen molar-refractivity contribution in [2.75, 3.05) is 13.2 Å². The molecule has 2 unspecified atom stereocenters. The number of allylic oxidation sites excluding steroid dienone is 2. The van der Waals surface area contributed by atoms with Crippen LogP contribution in [0.2, 0.25) is 0 Å². The van der Waals surface area contributed by atoms with Crippen LogP contribution in [-0.2, 0) is 19.1 Å². The fraction of sp³-hybridized carbons (Fsp3) is 0.865. The molecular weight excluding hydrogens is 536 g/mol. The quantitative estimate of drug-likeness (QED) is 0.333. The molecule has 0 spiro atoms. The lowest BCUT2D eigenvalue weighted by Gasteiger charge is -2.70. The van der Waals surface area contributed by atoms with Gasteiger partial charge in [0.05, 0.1) is 18.8 Å². The first kappa shape index (κ1) is 31.3. The Morgan fingerprint density at radius 1 is 0.953 bits per heavy atom. The molecule has 2 amide bonds. The van der Waals surface area contributed by atoms with E-state index in [1.54, 1.807) is 0 Å². The highest BCUT2D eigenvalue weighted by Gasteiger charge is 2.69. The number of ketones is 1. The van der Waals surface area contributed by atoms with Gasteiger partial charge in [0.1, 0.15) is 0 Å². The summed E-state index contributed by atoms with van der Waals surface area (Å²) in [5, 5.41) is 6.08. The van der Waals surface area contributed by atoms with Crippen molar-refractivity contribution in [3.8, 4) is 0 Å². The van der Waals surface area contributed by atoms with Crippen LogP contribution >= 0.6 is 0 Å². The highest BCUT2D eigenvalue weighted by atomic mass is 16.5. The highest BCUT2D eigenvalue weighted by molar-refractivity contribution is 5.95. The zero-order valence-corrected chi connectivity index (χ0v) is 28.3. The van der Waals surface area contributed by atoms with Gasteiger partial charge in [-0.3, -0.25) is 14.4 Å². The first-order valence-electron chi connectivity index (χ1n) is 17.4. The van der Waals surface area contributed by atoms with E-state index < -0.39 is 5.41 Å². The molecule has 6 aliphatic rings. The average molecular weight is 595 g/mol. The summed E-state index contributed by atoms with van der Waals surface area (Å²) in [6, 6.07) is 0.0531. The molecule has 43 heavy (non-hydrogen) atoms. The van der Waals surface area contributed by atoms with Crippen molar-refractivity contribution in [1.29, 1.82) is 0 Å². The lowest BCUT2D eigenvalue weighted by Crippen LogP contribution is -2.65. The molecule has 5 fully saturated rings. The summed E-state index contributed by atoms with van der Waals surface area (Å²) in [5.41, 5.74) is 1.36. The molecule has 0 aliphatic heterocycles. The van der Waals surface area contributed by atoms with Gasteiger partial charge in [0.15, 0.2) is 5.78 Å². The number of carbonyl (C=O) groups excluding carboxylic acids is 3. The van der Waals surface area contributed by atoms with Crippen molar-refractivity contribution in [1.82, 2.24) is 10.6 Å². The Labute approximate surface area is 260 Å². The van der Waals surface area contributed by atoms with Crippen LogP contribution in [0, 0.1) is 50.2 Å². The van der Waals surface area contributed by atoms with Crippen LogP contribution in [0.4, 0.5) is 0 Å². The topological polar surface area (TPSA) is 84.5 Å². The molecule has 6 rings (SSSR count). The van der Waals surface area contributed by atoms with Gasteiger partial charge in [-0.15, -0.1) is 0 Å². The third kappa shape index (κ3) is 4.77. The van der Waals surface area contributed by atoms with E-state index in [1.165, 1.54) is 44.6 Å². The molecule has 0 bridgehead atoms. The fourth-order valence-corrected chi connectivity index (χ4v) is 11.8. The second-order valence-corrected chi connectivity index (χ2v) is 17.8. The maximum atomic E-state index is 14.5. The van der Waals surface area contributed by atoms with Crippen LogP contribution in [0.5, 0.6) is 0 Å². The van der Waals surface area contributed by atoms with E-state index in [0.717, 1.165) is 38.5 Å². The first-order chi connectivity index (χ1) is 20.0. The Bertz CT molecular complexity index is 1220. The van der Waals surface area contributed by atoms with Gasteiger partial charge in [0.25, 0.3) is 0 Å². The summed E-state index contributed by atoms with van der Waals surface area (Å²) in [5.74, 6) is 1.42. The molecular formula is C37H58N2O4. The molecule has 6 aliphatic carbocycles. The predicted molar refractivity (Wildman–Crippen MR) is 169 cm³/mol. The number of nitrogens with one attached hydrogen (secondary N) is 2. The smallest absolute Gasteiger partial charge is 0.226 e. The Morgan fingerprint density at radius 3 is 2.40 bits per heavy atom. The number of amides is 2. The van der Waals surface area contributed by atoms with Crippen molar-refractivity contribution in [3.05, 3.63) is 11.6 Å². The van der Waals surface area contributed by atoms with Crippen molar-refractivity contribution >= 4 is 17.6 Å². The lowest BCUT2D eigenvalue weighted by atomic mass is 9.33. The number of rotatable bonds is 6. The number of hydrogen-bond acceptors (Lipinski definition) is 4. The van der Waals surface area contributed by atoms with Gasteiger partial charge in [0.2, 0.25) is 11.8 Å². The van der Waals surface area contributed by atoms with Crippen LogP contribution in [0.3, 0.4) is 0 Å². The molecule has 0 aromatic heterocycles. The van der Waals surface area contributed by atoms with E-state index in [9.17, 15) is 14.4 Å². The van der Waals surface area contributed by atoms with Gasteiger partial charge in [-0.2, -0.15) is 0 Å². The molecule has 6 nitrogen and oxygen atoms in total. The maximum Gasteiger partial charge on any atom is 0.226 e. The molecule has 0 radical (unpaired) electrons. The van der Waals surface area contributed by atoms with Crippen LogP contribution in [0.25, 0.3) is 0 Å². The molecule has 2 N–H and O–H groups in total.